The van der Waals surface area contributed by atoms with Crippen LogP contribution in [0.5, 0.6) is 0 Å². The van der Waals surface area contributed by atoms with Crippen molar-refractivity contribution in [2.24, 2.45) is 32.9 Å². The maximum atomic E-state index is 13.1. The Balaban J connectivity index is 1.93. The number of carboxylic acid groups (broad SMARTS) is 2. The van der Waals surface area contributed by atoms with Gasteiger partial charge in [-0.05, 0) is 25.0 Å². The van der Waals surface area contributed by atoms with Gasteiger partial charge in [-0.3, -0.25) is 19.2 Å². The Morgan fingerprint density at radius 2 is 1.02 bits per heavy atom. The van der Waals surface area contributed by atoms with E-state index >= 15 is 0 Å². The first-order chi connectivity index (χ1) is 40.1. The topological polar surface area (TPSA) is 523 Å². The number of rotatable bonds is 44. The molecule has 0 saturated carbocycles. The lowest BCUT2D eigenvalue weighted by Crippen LogP contribution is -2.60. The van der Waals surface area contributed by atoms with Gasteiger partial charge in [0.15, 0.2) is 30.9 Å². The summed E-state index contributed by atoms with van der Waals surface area (Å²) in [6.07, 6.45) is -2.73. The molecule has 2 aliphatic heterocycles. The highest BCUT2D eigenvalue weighted by Crippen LogP contribution is 2.28. The third-order valence-electron chi connectivity index (χ3n) is 11.4. The maximum absolute atomic E-state index is 13.1. The molecule has 0 aliphatic carbocycles. The lowest BCUT2D eigenvalue weighted by molar-refractivity contribution is -0.158. The molecule has 0 aromatic heterocycles. The van der Waals surface area contributed by atoms with Crippen molar-refractivity contribution < 1.29 is 116 Å². The number of aliphatic hydroxyl groups is 4. The van der Waals surface area contributed by atoms with Crippen molar-refractivity contribution in [1.29, 1.82) is 0 Å². The first-order valence-electron chi connectivity index (χ1n) is 26.2. The summed E-state index contributed by atoms with van der Waals surface area (Å²) in [6, 6.07) is -4.86. The number of aliphatic carboxylic acids is 2. The zero-order chi connectivity index (χ0) is 62.4. The van der Waals surface area contributed by atoms with Crippen LogP contribution >= 0.6 is 0 Å². The molecule has 0 aromatic carbocycles. The summed E-state index contributed by atoms with van der Waals surface area (Å²) in [5.74, 6) is -5.55. The van der Waals surface area contributed by atoms with Gasteiger partial charge in [0.05, 0.1) is 90.2 Å². The van der Waals surface area contributed by atoms with E-state index in [0.717, 1.165) is 26.0 Å². The number of hydrogen-bond acceptors (Lipinski definition) is 24. The number of aliphatic hydroxyl groups excluding tert-OH is 4. The van der Waals surface area contributed by atoms with E-state index in [9.17, 15) is 64.2 Å². The average molecular weight is 1210 g/mol. The standard InChI is InChI=1S/C49H81N11O24/c1-4-11-74-16-17-77-18-19-78-20-21-79-28-82-49(73)60(9-14-75-12-5-7-54-37(67)26-80-41(33(65)24-61)43-39(56-29(2)63)31(58-47(50)51)22-35(83-43)45(69)70)10-15-76-13-6-8-55-38(68)27-81-42(34(66)25-62)44-40(57-30(3)64)32(59-48(52)53)23-36(84-44)46(71)72/h1,22-23,31-34,39-44,61-62,65-66H,5-21,24-28H2,2-3H3,(H,54,67)(H,55,68)(H,56,63)(H,57,64)(H,69,70)(H,71,72)(H4,50,51,58)(H4,52,53,59)/t31-,32-,33+,34+,39+,40+,41+,42+,43+,44+/m0/s1. The number of nitrogens with one attached hydrogen (secondary N) is 4. The van der Waals surface area contributed by atoms with Crippen molar-refractivity contribution in [2.75, 3.05) is 132 Å². The third kappa shape index (κ3) is 29.4. The number of ether oxygens (including phenoxy) is 11. The Kier molecular flexibility index (Phi) is 36.2. The van der Waals surface area contributed by atoms with Gasteiger partial charge in [-0.25, -0.2) is 24.4 Å². The van der Waals surface area contributed by atoms with E-state index in [1.54, 1.807) is 0 Å². The number of carbonyl (C=O) groups excluding carboxylic acids is 5. The minimum absolute atomic E-state index is 0.00347. The van der Waals surface area contributed by atoms with Crippen LogP contribution in [-0.2, 0) is 80.9 Å². The number of carboxylic acids is 2. The Morgan fingerprint density at radius 1 is 0.631 bits per heavy atom. The summed E-state index contributed by atoms with van der Waals surface area (Å²) in [5, 5.41) is 70.6. The Bertz CT molecular complexity index is 2090. The van der Waals surface area contributed by atoms with Gasteiger partial charge in [-0.1, -0.05) is 5.92 Å². The number of nitrogens with two attached hydrogens (primary N) is 4. The fraction of sp³-hybridized carbons (Fsp3) is 0.694. The first-order valence-corrected chi connectivity index (χ1v) is 26.2. The molecular weight excluding hydrogens is 1130 g/mol. The van der Waals surface area contributed by atoms with Crippen LogP contribution in [0, 0.1) is 12.3 Å². The predicted octanol–water partition coefficient (Wildman–Crippen LogP) is -7.37. The molecule has 2 rings (SSSR count). The van der Waals surface area contributed by atoms with Gasteiger partial charge in [0.1, 0.15) is 44.2 Å². The Hall–Kier alpha value is -7.21. The highest BCUT2D eigenvalue weighted by atomic mass is 16.7. The Morgan fingerprint density at radius 3 is 1.39 bits per heavy atom. The molecule has 5 amide bonds. The highest BCUT2D eigenvalue weighted by molar-refractivity contribution is 5.86. The van der Waals surface area contributed by atoms with E-state index < -0.39 is 159 Å². The van der Waals surface area contributed by atoms with E-state index in [4.69, 9.17) is 81.5 Å². The van der Waals surface area contributed by atoms with Gasteiger partial charge in [0.2, 0.25) is 35.1 Å². The highest BCUT2D eigenvalue weighted by Gasteiger charge is 2.47. The number of nitrogens with zero attached hydrogens (tertiary/aromatic N) is 3. The molecule has 0 unspecified atom stereocenters. The van der Waals surface area contributed by atoms with Crippen molar-refractivity contribution in [3.05, 3.63) is 23.7 Å². The van der Waals surface area contributed by atoms with Crippen LogP contribution in [0.2, 0.25) is 0 Å². The van der Waals surface area contributed by atoms with Crippen LogP contribution in [0.25, 0.3) is 0 Å². The minimum Gasteiger partial charge on any atom is -0.478 e. The van der Waals surface area contributed by atoms with Crippen LogP contribution in [-0.4, -0.2) is 282 Å². The molecule has 35 heteroatoms. The van der Waals surface area contributed by atoms with E-state index in [1.807, 2.05) is 0 Å². The van der Waals surface area contributed by atoms with Crippen LogP contribution in [0.1, 0.15) is 26.7 Å². The molecule has 84 heavy (non-hydrogen) atoms. The van der Waals surface area contributed by atoms with Gasteiger partial charge < -0.3 is 132 Å². The van der Waals surface area contributed by atoms with E-state index in [1.165, 1.54) is 4.90 Å². The van der Waals surface area contributed by atoms with Gasteiger partial charge in [0, 0.05) is 53.2 Å². The summed E-state index contributed by atoms with van der Waals surface area (Å²) < 4.78 is 60.3. The molecular formula is C49H81N11O24. The molecule has 476 valence electrons. The molecule has 2 aliphatic rings. The second kappa shape index (κ2) is 41.7. The molecule has 18 N–H and O–H groups in total. The van der Waals surface area contributed by atoms with Gasteiger partial charge >= 0.3 is 18.0 Å². The second-order valence-electron chi connectivity index (χ2n) is 18.0. The lowest BCUT2D eigenvalue weighted by atomic mass is 9.92. The molecule has 35 nitrogen and oxygen atoms in total. The fourth-order valence-electron chi connectivity index (χ4n) is 7.68. The molecule has 0 fully saturated rings. The number of guanidine groups is 2. The molecule has 0 saturated heterocycles. The summed E-state index contributed by atoms with van der Waals surface area (Å²) in [4.78, 5) is 96.1. The molecule has 10 atom stereocenters. The van der Waals surface area contributed by atoms with Crippen molar-refractivity contribution in [3.63, 3.8) is 0 Å². The maximum Gasteiger partial charge on any atom is 0.412 e. The summed E-state index contributed by atoms with van der Waals surface area (Å²) in [5.41, 5.74) is 22.1. The van der Waals surface area contributed by atoms with Crippen LogP contribution in [0.15, 0.2) is 33.7 Å². The molecule has 0 spiro atoms. The van der Waals surface area contributed by atoms with Crippen molar-refractivity contribution >= 4 is 53.6 Å². The van der Waals surface area contributed by atoms with E-state index in [0.29, 0.717) is 19.8 Å². The summed E-state index contributed by atoms with van der Waals surface area (Å²) in [7, 11) is 0. The molecule has 0 radical (unpaired) electrons. The monoisotopic (exact) mass is 1210 g/mol. The van der Waals surface area contributed by atoms with Crippen LogP contribution in [0.4, 0.5) is 4.79 Å². The SMILES string of the molecule is C#CCOCCOCCOCCOCOC(=O)N(CCOCCCNC(=O)CO[C@@H]([C@@H]1OC(C(=O)O)=C[C@H](N=C(N)N)[C@H]1NC(C)=O)[C@H](O)CO)CCOCCCNC(=O)CO[C@@H]([C@@H]1OC(C(=O)O)=C[C@H](N=C(N)N)[C@H]1NC(C)=O)[C@H](O)CO. The van der Waals surface area contributed by atoms with Crippen molar-refractivity contribution in [1.82, 2.24) is 26.2 Å². The number of carbonyl (C=O) groups is 7. The number of hydrogen-bond donors (Lipinski definition) is 14. The van der Waals surface area contributed by atoms with Crippen molar-refractivity contribution in [3.8, 4) is 12.3 Å². The molecule has 0 aromatic rings. The Labute approximate surface area is 483 Å². The number of aliphatic imine (C=N–C) groups is 2. The van der Waals surface area contributed by atoms with Crippen LogP contribution in [0.3, 0.4) is 0 Å². The molecule has 2 heterocycles. The normalized spacial score (nSPS) is 19.6. The average Bonchev–Trinajstić information content (AvgIpc) is 3.65. The van der Waals surface area contributed by atoms with Gasteiger partial charge in [-0.15, -0.1) is 6.42 Å². The smallest absolute Gasteiger partial charge is 0.412 e. The van der Waals surface area contributed by atoms with Gasteiger partial charge in [-0.2, -0.15) is 0 Å². The first kappa shape index (κ1) is 72.9. The van der Waals surface area contributed by atoms with Crippen LogP contribution < -0.4 is 44.2 Å². The largest absolute Gasteiger partial charge is 0.478 e. The minimum atomic E-state index is -1.74. The number of terminal acetylenes is 1. The van der Waals surface area contributed by atoms with Gasteiger partial charge in [0.25, 0.3) is 0 Å². The molecule has 0 bridgehead atoms. The third-order valence-corrected chi connectivity index (χ3v) is 11.4. The van der Waals surface area contributed by atoms with E-state index in [2.05, 4.69) is 37.2 Å². The number of amides is 5. The zero-order valence-electron chi connectivity index (χ0n) is 46.7. The summed E-state index contributed by atoms with van der Waals surface area (Å²) in [6.45, 7) is 0.708. The fourth-order valence-corrected chi connectivity index (χ4v) is 7.68. The zero-order valence-corrected chi connectivity index (χ0v) is 46.7. The summed E-state index contributed by atoms with van der Waals surface area (Å²) >= 11 is 0. The van der Waals surface area contributed by atoms with Crippen molar-refractivity contribution in [2.45, 2.75) is 87.5 Å². The lowest BCUT2D eigenvalue weighted by Gasteiger charge is -2.40. The van der Waals surface area contributed by atoms with E-state index in [-0.39, 0.29) is 91.9 Å². The quantitative estimate of drug-likeness (QED) is 0.00886. The second-order valence-corrected chi connectivity index (χ2v) is 18.0. The predicted molar refractivity (Wildman–Crippen MR) is 288 cm³/mol.